The number of ether oxygens (including phenoxy) is 3. The molecule has 0 saturated carbocycles. The zero-order valence-corrected chi connectivity index (χ0v) is 19.5. The topological polar surface area (TPSA) is 86.7 Å². The minimum atomic E-state index is -0.0488. The number of rotatable bonds is 8. The molecule has 0 spiro atoms. The van der Waals surface area contributed by atoms with Crippen molar-refractivity contribution >= 4 is 27.5 Å². The van der Waals surface area contributed by atoms with Gasteiger partial charge in [0.1, 0.15) is 11.2 Å². The number of fused-ring (bicyclic) bond motifs is 1. The molecule has 32 heavy (non-hydrogen) atoms. The maximum atomic E-state index is 13.4. The van der Waals surface area contributed by atoms with E-state index in [1.54, 1.807) is 25.3 Å². The Bertz CT molecular complexity index is 1080. The molecule has 0 aromatic carbocycles. The van der Waals surface area contributed by atoms with Gasteiger partial charge >= 0.3 is 0 Å². The van der Waals surface area contributed by atoms with Crippen LogP contribution in [-0.2, 0) is 17.7 Å². The van der Waals surface area contributed by atoms with Crippen molar-refractivity contribution in [3.05, 3.63) is 40.7 Å². The number of methoxy groups -OCH3 is 1. The summed E-state index contributed by atoms with van der Waals surface area (Å²) in [5, 5.41) is 0.846. The van der Waals surface area contributed by atoms with Crippen molar-refractivity contribution in [2.45, 2.75) is 32.7 Å². The second kappa shape index (κ2) is 10.2. The zero-order valence-electron chi connectivity index (χ0n) is 18.7. The van der Waals surface area contributed by atoms with Gasteiger partial charge in [0.05, 0.1) is 30.6 Å². The molecule has 0 N–H and O–H groups in total. The number of nitrogens with zero attached hydrogens (tertiary/aromatic N) is 4. The van der Waals surface area contributed by atoms with Gasteiger partial charge in [0.2, 0.25) is 11.8 Å². The molecule has 1 atom stereocenters. The van der Waals surface area contributed by atoms with Crippen molar-refractivity contribution in [2.24, 2.45) is 5.92 Å². The van der Waals surface area contributed by atoms with Crippen LogP contribution in [-0.4, -0.2) is 59.7 Å². The van der Waals surface area contributed by atoms with Crippen LogP contribution in [0.4, 0.5) is 0 Å². The van der Waals surface area contributed by atoms with E-state index in [4.69, 9.17) is 14.2 Å². The maximum absolute atomic E-state index is 13.4. The van der Waals surface area contributed by atoms with E-state index in [9.17, 15) is 4.79 Å². The number of carbonyl (C=O) groups is 1. The third-order valence-corrected chi connectivity index (χ3v) is 6.71. The Morgan fingerprint density at radius 3 is 2.97 bits per heavy atom. The molecule has 8 nitrogen and oxygen atoms in total. The second-order valence-electron chi connectivity index (χ2n) is 7.88. The Hall–Kier alpha value is -2.78. The lowest BCUT2D eigenvalue weighted by Crippen LogP contribution is -2.26. The summed E-state index contributed by atoms with van der Waals surface area (Å²) in [6.07, 6.45) is 6.02. The first-order valence-electron chi connectivity index (χ1n) is 10.8. The molecule has 0 radical (unpaired) electrons. The van der Waals surface area contributed by atoms with Crippen LogP contribution in [0.5, 0.6) is 11.8 Å². The Kier molecular flexibility index (Phi) is 7.16. The number of pyridine rings is 1. The summed E-state index contributed by atoms with van der Waals surface area (Å²) in [6.45, 7) is 4.58. The van der Waals surface area contributed by atoms with E-state index in [1.807, 2.05) is 19.1 Å². The number of amides is 1. The first-order valence-corrected chi connectivity index (χ1v) is 11.6. The van der Waals surface area contributed by atoms with Gasteiger partial charge in [-0.05, 0) is 36.5 Å². The molecular formula is C23H28N4O4S. The van der Waals surface area contributed by atoms with E-state index in [2.05, 4.69) is 15.0 Å². The molecule has 1 amide bonds. The zero-order chi connectivity index (χ0) is 22.5. The molecule has 9 heteroatoms. The summed E-state index contributed by atoms with van der Waals surface area (Å²) in [7, 11) is 3.37. The standard InChI is InChI=1S/C23H28N4O4S/c1-4-17-19-21(31-13-16-6-5-9-30-12-16)25-14-26-22(19)32-20(17)23(28)27(2)11-15-7-8-24-18(10-15)29-3/h7-8,10,14,16H,4-6,9,11-13H2,1-3H3. The van der Waals surface area contributed by atoms with E-state index in [0.29, 0.717) is 48.7 Å². The van der Waals surface area contributed by atoms with E-state index in [0.717, 1.165) is 40.8 Å². The third-order valence-electron chi connectivity index (χ3n) is 5.59. The highest BCUT2D eigenvalue weighted by atomic mass is 32.1. The Morgan fingerprint density at radius 2 is 2.22 bits per heavy atom. The Morgan fingerprint density at radius 1 is 1.34 bits per heavy atom. The average Bonchev–Trinajstić information content (AvgIpc) is 3.22. The third kappa shape index (κ3) is 4.83. The lowest BCUT2D eigenvalue weighted by molar-refractivity contribution is 0.0347. The summed E-state index contributed by atoms with van der Waals surface area (Å²) in [6, 6.07) is 3.71. The van der Waals surface area contributed by atoms with Gasteiger partial charge in [0.15, 0.2) is 0 Å². The SMILES string of the molecule is CCc1c(C(=O)N(C)Cc2ccnc(OC)c2)sc2ncnc(OCC3CCCOC3)c12. The smallest absolute Gasteiger partial charge is 0.264 e. The number of carbonyl (C=O) groups excluding carboxylic acids is 1. The predicted molar refractivity (Wildman–Crippen MR) is 122 cm³/mol. The number of thiophene rings is 1. The van der Waals surface area contributed by atoms with Gasteiger partial charge < -0.3 is 19.1 Å². The highest BCUT2D eigenvalue weighted by Gasteiger charge is 2.25. The van der Waals surface area contributed by atoms with E-state index >= 15 is 0 Å². The highest BCUT2D eigenvalue weighted by molar-refractivity contribution is 7.20. The molecule has 3 aromatic rings. The molecular weight excluding hydrogens is 428 g/mol. The van der Waals surface area contributed by atoms with E-state index in [1.165, 1.54) is 17.7 Å². The van der Waals surface area contributed by atoms with Crippen molar-refractivity contribution in [2.75, 3.05) is 34.0 Å². The Balaban J connectivity index is 1.57. The van der Waals surface area contributed by atoms with Crippen LogP contribution in [0.2, 0.25) is 0 Å². The molecule has 4 rings (SSSR count). The van der Waals surface area contributed by atoms with Crippen molar-refractivity contribution in [3.63, 3.8) is 0 Å². The second-order valence-corrected chi connectivity index (χ2v) is 8.88. The summed E-state index contributed by atoms with van der Waals surface area (Å²) in [5.41, 5.74) is 1.88. The molecule has 1 saturated heterocycles. The monoisotopic (exact) mass is 456 g/mol. The van der Waals surface area contributed by atoms with Crippen molar-refractivity contribution in [1.29, 1.82) is 0 Å². The van der Waals surface area contributed by atoms with Crippen molar-refractivity contribution in [3.8, 4) is 11.8 Å². The normalized spacial score (nSPS) is 16.2. The lowest BCUT2D eigenvalue weighted by Gasteiger charge is -2.22. The minimum absolute atomic E-state index is 0.0488. The maximum Gasteiger partial charge on any atom is 0.264 e. The van der Waals surface area contributed by atoms with Crippen molar-refractivity contribution < 1.29 is 19.0 Å². The van der Waals surface area contributed by atoms with Crippen LogP contribution in [0.1, 0.15) is 40.6 Å². The number of hydrogen-bond donors (Lipinski definition) is 0. The predicted octanol–water partition coefficient (Wildman–Crippen LogP) is 3.73. The summed E-state index contributed by atoms with van der Waals surface area (Å²) >= 11 is 1.39. The van der Waals surface area contributed by atoms with Crippen LogP contribution in [0.15, 0.2) is 24.7 Å². The van der Waals surface area contributed by atoms with E-state index in [-0.39, 0.29) is 5.91 Å². The van der Waals surface area contributed by atoms with E-state index < -0.39 is 0 Å². The summed E-state index contributed by atoms with van der Waals surface area (Å²) in [5.74, 6) is 1.39. The summed E-state index contributed by atoms with van der Waals surface area (Å²) in [4.78, 5) is 29.4. The van der Waals surface area contributed by atoms with Gasteiger partial charge in [0, 0.05) is 38.4 Å². The Labute approximate surface area is 191 Å². The van der Waals surface area contributed by atoms with Crippen LogP contribution in [0, 0.1) is 5.92 Å². The fourth-order valence-electron chi connectivity index (χ4n) is 3.90. The molecule has 1 aliphatic rings. The fraction of sp³-hybridized carbons (Fsp3) is 0.478. The van der Waals surface area contributed by atoms with Crippen LogP contribution in [0.3, 0.4) is 0 Å². The average molecular weight is 457 g/mol. The minimum Gasteiger partial charge on any atom is -0.481 e. The first-order chi connectivity index (χ1) is 15.6. The van der Waals surface area contributed by atoms with Gasteiger partial charge in [-0.2, -0.15) is 0 Å². The van der Waals surface area contributed by atoms with Gasteiger partial charge in [0.25, 0.3) is 5.91 Å². The molecule has 0 aliphatic carbocycles. The number of hydrogen-bond acceptors (Lipinski definition) is 8. The molecule has 4 heterocycles. The number of aryl methyl sites for hydroxylation is 1. The van der Waals surface area contributed by atoms with Crippen LogP contribution >= 0.6 is 11.3 Å². The van der Waals surface area contributed by atoms with Crippen molar-refractivity contribution in [1.82, 2.24) is 19.9 Å². The fourth-order valence-corrected chi connectivity index (χ4v) is 5.11. The van der Waals surface area contributed by atoms with Gasteiger partial charge in [-0.1, -0.05) is 6.92 Å². The number of aromatic nitrogens is 3. The molecule has 3 aromatic heterocycles. The molecule has 0 bridgehead atoms. The van der Waals surface area contributed by atoms with Gasteiger partial charge in [-0.3, -0.25) is 4.79 Å². The summed E-state index contributed by atoms with van der Waals surface area (Å²) < 4.78 is 16.8. The largest absolute Gasteiger partial charge is 0.481 e. The van der Waals surface area contributed by atoms with Crippen LogP contribution < -0.4 is 9.47 Å². The van der Waals surface area contributed by atoms with Gasteiger partial charge in [-0.15, -0.1) is 11.3 Å². The lowest BCUT2D eigenvalue weighted by atomic mass is 10.0. The highest BCUT2D eigenvalue weighted by Crippen LogP contribution is 2.36. The molecule has 170 valence electrons. The first kappa shape index (κ1) is 22.4. The van der Waals surface area contributed by atoms with Crippen LogP contribution in [0.25, 0.3) is 10.2 Å². The quantitative estimate of drug-likeness (QED) is 0.510. The molecule has 1 fully saturated rings. The molecule has 1 unspecified atom stereocenters. The molecule has 1 aliphatic heterocycles. The van der Waals surface area contributed by atoms with Gasteiger partial charge in [-0.25, -0.2) is 15.0 Å².